The van der Waals surface area contributed by atoms with E-state index in [1.807, 2.05) is 9.80 Å². The highest BCUT2D eigenvalue weighted by molar-refractivity contribution is 5.44. The van der Waals surface area contributed by atoms with Crippen LogP contribution >= 0.6 is 0 Å². The lowest BCUT2D eigenvalue weighted by molar-refractivity contribution is -0.137. The number of hydrogen-bond donors (Lipinski definition) is 1. The van der Waals surface area contributed by atoms with Gasteiger partial charge in [0.25, 0.3) is 5.56 Å². The highest BCUT2D eigenvalue weighted by atomic mass is 19.4. The van der Waals surface area contributed by atoms with Crippen LogP contribution < -0.4 is 15.4 Å². The first-order valence-corrected chi connectivity index (χ1v) is 9.61. The molecule has 2 aliphatic heterocycles. The fourth-order valence-electron chi connectivity index (χ4n) is 3.93. The van der Waals surface area contributed by atoms with Crippen LogP contribution in [0.4, 0.5) is 24.7 Å². The number of nitrogens with zero attached hydrogens (tertiary/aromatic N) is 5. The van der Waals surface area contributed by atoms with Gasteiger partial charge in [-0.25, -0.2) is 9.67 Å². The van der Waals surface area contributed by atoms with Gasteiger partial charge in [0.2, 0.25) is 0 Å². The van der Waals surface area contributed by atoms with Crippen LogP contribution in [0.1, 0.15) is 30.9 Å². The normalized spacial score (nSPS) is 22.9. The molecule has 4 rings (SSSR count). The van der Waals surface area contributed by atoms with Crippen molar-refractivity contribution in [2.45, 2.75) is 37.6 Å². The third-order valence-corrected chi connectivity index (χ3v) is 5.48. The monoisotopic (exact) mass is 409 g/mol. The first-order chi connectivity index (χ1) is 13.8. The Labute approximate surface area is 165 Å². The molecule has 2 atom stereocenters. The first kappa shape index (κ1) is 19.7. The van der Waals surface area contributed by atoms with Crippen molar-refractivity contribution in [2.75, 3.05) is 36.0 Å². The van der Waals surface area contributed by atoms with Crippen molar-refractivity contribution in [3.63, 3.8) is 0 Å². The summed E-state index contributed by atoms with van der Waals surface area (Å²) in [5.74, 6) is 0.457. The summed E-state index contributed by atoms with van der Waals surface area (Å²) in [6, 6.07) is 3.73. The average molecular weight is 409 g/mol. The standard InChI is InChI=1S/C19H22F3N5O2/c20-19(21,22)13-3-4-17(23-9-13)26-6-1-2-14(11-26)27-18(29)8-15(10-24-27)25-7-5-16(28)12-25/h3-4,8-10,14,16,28H,1-2,5-7,11-12H2/t14-,16-/m0/s1. The van der Waals surface area contributed by atoms with Crippen LogP contribution in [0.5, 0.6) is 0 Å². The van der Waals surface area contributed by atoms with E-state index in [0.29, 0.717) is 44.1 Å². The smallest absolute Gasteiger partial charge is 0.391 e. The van der Waals surface area contributed by atoms with Gasteiger partial charge in [-0.2, -0.15) is 18.3 Å². The van der Waals surface area contributed by atoms with E-state index in [-0.39, 0.29) is 17.7 Å². The van der Waals surface area contributed by atoms with Crippen LogP contribution in [0.25, 0.3) is 0 Å². The Morgan fingerprint density at radius 3 is 2.52 bits per heavy atom. The van der Waals surface area contributed by atoms with Crippen molar-refractivity contribution in [1.82, 2.24) is 14.8 Å². The molecule has 2 fully saturated rings. The van der Waals surface area contributed by atoms with Gasteiger partial charge in [-0.15, -0.1) is 0 Å². The second-order valence-electron chi connectivity index (χ2n) is 7.53. The third-order valence-electron chi connectivity index (χ3n) is 5.48. The van der Waals surface area contributed by atoms with E-state index in [1.165, 1.54) is 16.8 Å². The molecule has 0 spiro atoms. The van der Waals surface area contributed by atoms with Crippen LogP contribution in [0.3, 0.4) is 0 Å². The van der Waals surface area contributed by atoms with Crippen LogP contribution in [0.15, 0.2) is 35.4 Å². The van der Waals surface area contributed by atoms with Gasteiger partial charge in [0.1, 0.15) is 5.82 Å². The molecule has 2 aromatic rings. The predicted octanol–water partition coefficient (Wildman–Crippen LogP) is 2.07. The molecule has 0 aliphatic carbocycles. The average Bonchev–Trinajstić information content (AvgIpc) is 3.14. The number of alkyl halides is 3. The van der Waals surface area contributed by atoms with Gasteiger partial charge in [0, 0.05) is 38.4 Å². The van der Waals surface area contributed by atoms with E-state index >= 15 is 0 Å². The van der Waals surface area contributed by atoms with Gasteiger partial charge in [0.15, 0.2) is 0 Å². The summed E-state index contributed by atoms with van der Waals surface area (Å²) >= 11 is 0. The molecule has 0 amide bonds. The van der Waals surface area contributed by atoms with Crippen LogP contribution in [-0.2, 0) is 6.18 Å². The molecule has 0 aromatic carbocycles. The Morgan fingerprint density at radius 1 is 1.07 bits per heavy atom. The van der Waals surface area contributed by atoms with E-state index in [4.69, 9.17) is 0 Å². The molecular weight excluding hydrogens is 387 g/mol. The lowest BCUT2D eigenvalue weighted by atomic mass is 10.1. The Hall–Kier alpha value is -2.62. The van der Waals surface area contributed by atoms with Crippen molar-refractivity contribution >= 4 is 11.5 Å². The fraction of sp³-hybridized carbons (Fsp3) is 0.526. The third kappa shape index (κ3) is 4.21. The number of piperidine rings is 1. The minimum Gasteiger partial charge on any atom is -0.391 e. The molecule has 4 heterocycles. The topological polar surface area (TPSA) is 74.5 Å². The van der Waals surface area contributed by atoms with Gasteiger partial charge in [-0.1, -0.05) is 0 Å². The van der Waals surface area contributed by atoms with E-state index < -0.39 is 11.7 Å². The first-order valence-electron chi connectivity index (χ1n) is 9.61. The summed E-state index contributed by atoms with van der Waals surface area (Å²) in [6.45, 7) is 2.28. The Morgan fingerprint density at radius 2 is 1.90 bits per heavy atom. The molecule has 0 saturated carbocycles. The van der Waals surface area contributed by atoms with Crippen LogP contribution in [-0.4, -0.2) is 52.2 Å². The molecule has 7 nitrogen and oxygen atoms in total. The number of aliphatic hydroxyl groups is 1. The molecule has 2 aromatic heterocycles. The molecular formula is C19H22F3N5O2. The molecule has 0 unspecified atom stereocenters. The molecule has 0 radical (unpaired) electrons. The van der Waals surface area contributed by atoms with Gasteiger partial charge in [0.05, 0.1) is 29.6 Å². The van der Waals surface area contributed by atoms with Crippen molar-refractivity contribution in [2.24, 2.45) is 0 Å². The van der Waals surface area contributed by atoms with E-state index in [2.05, 4.69) is 10.1 Å². The van der Waals surface area contributed by atoms with E-state index in [9.17, 15) is 23.1 Å². The van der Waals surface area contributed by atoms with Crippen LogP contribution in [0, 0.1) is 0 Å². The van der Waals surface area contributed by atoms with Crippen molar-refractivity contribution in [1.29, 1.82) is 0 Å². The Balaban J connectivity index is 1.49. The summed E-state index contributed by atoms with van der Waals surface area (Å²) in [5.41, 5.74) is -0.314. The number of halogens is 3. The van der Waals surface area contributed by atoms with Gasteiger partial charge < -0.3 is 14.9 Å². The lowest BCUT2D eigenvalue weighted by Crippen LogP contribution is -2.41. The number of aliphatic hydroxyl groups excluding tert-OH is 1. The number of hydrogen-bond acceptors (Lipinski definition) is 6. The number of aromatic nitrogens is 3. The number of pyridine rings is 1. The SMILES string of the molecule is O=c1cc(N2CC[C@H](O)C2)cnn1[C@H]1CCCN(c2ccc(C(F)(F)F)cn2)C1. The molecule has 10 heteroatoms. The zero-order chi connectivity index (χ0) is 20.6. The van der Waals surface area contributed by atoms with Crippen molar-refractivity contribution < 1.29 is 18.3 Å². The lowest BCUT2D eigenvalue weighted by Gasteiger charge is -2.34. The van der Waals surface area contributed by atoms with Crippen molar-refractivity contribution in [3.8, 4) is 0 Å². The number of rotatable bonds is 3. The quantitative estimate of drug-likeness (QED) is 0.837. The zero-order valence-corrected chi connectivity index (χ0v) is 15.7. The van der Waals surface area contributed by atoms with Crippen molar-refractivity contribution in [3.05, 3.63) is 46.5 Å². The predicted molar refractivity (Wildman–Crippen MR) is 101 cm³/mol. The van der Waals surface area contributed by atoms with Gasteiger partial charge in [-0.3, -0.25) is 4.79 Å². The Kier molecular flexibility index (Phi) is 5.20. The maximum Gasteiger partial charge on any atom is 0.417 e. The van der Waals surface area contributed by atoms with Gasteiger partial charge >= 0.3 is 6.18 Å². The van der Waals surface area contributed by atoms with Crippen LogP contribution in [0.2, 0.25) is 0 Å². The number of anilines is 2. The summed E-state index contributed by atoms with van der Waals surface area (Å²) in [5, 5.41) is 14.0. The highest BCUT2D eigenvalue weighted by Gasteiger charge is 2.31. The molecule has 2 saturated heterocycles. The summed E-state index contributed by atoms with van der Waals surface area (Å²) in [6.07, 6.45) is -0.133. The van der Waals surface area contributed by atoms with E-state index in [1.54, 1.807) is 6.20 Å². The molecule has 1 N–H and O–H groups in total. The molecule has 2 aliphatic rings. The second kappa shape index (κ2) is 7.66. The summed E-state index contributed by atoms with van der Waals surface area (Å²) in [7, 11) is 0. The zero-order valence-electron chi connectivity index (χ0n) is 15.7. The van der Waals surface area contributed by atoms with Gasteiger partial charge in [-0.05, 0) is 31.4 Å². The minimum absolute atomic E-state index is 0.182. The summed E-state index contributed by atoms with van der Waals surface area (Å²) in [4.78, 5) is 20.4. The maximum atomic E-state index is 12.7. The molecule has 156 valence electrons. The number of β-amino-alcohol motifs (C(OH)–C–C–N with tert-alkyl or cyclic N) is 1. The second-order valence-corrected chi connectivity index (χ2v) is 7.53. The minimum atomic E-state index is -4.42. The highest BCUT2D eigenvalue weighted by Crippen LogP contribution is 2.30. The van der Waals surface area contributed by atoms with E-state index in [0.717, 1.165) is 25.1 Å². The summed E-state index contributed by atoms with van der Waals surface area (Å²) < 4.78 is 39.7. The molecule has 0 bridgehead atoms. The largest absolute Gasteiger partial charge is 0.417 e. The maximum absolute atomic E-state index is 12.7. The Bertz CT molecular complexity index is 915. The molecule has 29 heavy (non-hydrogen) atoms. The fourth-order valence-corrected chi connectivity index (χ4v) is 3.93.